The van der Waals surface area contributed by atoms with Crippen molar-refractivity contribution < 1.29 is 39.8 Å². The van der Waals surface area contributed by atoms with Crippen molar-refractivity contribution in [1.82, 2.24) is 0 Å². The molecule has 0 N–H and O–H groups in total. The van der Waals surface area contributed by atoms with Crippen molar-refractivity contribution in [3.63, 3.8) is 0 Å². The minimum atomic E-state index is -6.15. The number of hydrogen-bond acceptors (Lipinski definition) is 3. The summed E-state index contributed by atoms with van der Waals surface area (Å²) in [4.78, 5) is 0. The highest BCUT2D eigenvalue weighted by molar-refractivity contribution is 7.48. The Morgan fingerprint density at radius 1 is 1.00 bits per heavy atom. The third-order valence-electron chi connectivity index (χ3n) is 1.54. The van der Waals surface area contributed by atoms with Crippen molar-refractivity contribution in [2.45, 2.75) is 24.8 Å². The Morgan fingerprint density at radius 3 is 1.57 bits per heavy atom. The maximum absolute atomic E-state index is 12.7. The molecule has 0 amide bonds. The van der Waals surface area contributed by atoms with Crippen LogP contribution in [-0.4, -0.2) is 17.9 Å². The second-order valence-electron chi connectivity index (χ2n) is 2.65. The van der Waals surface area contributed by atoms with Gasteiger partial charge in [0, 0.05) is 0 Å². The van der Waals surface area contributed by atoms with Gasteiger partial charge in [0.2, 0.25) is 0 Å². The van der Waals surface area contributed by atoms with Crippen molar-refractivity contribution in [1.29, 1.82) is 0 Å². The van der Waals surface area contributed by atoms with Crippen LogP contribution < -0.4 is 0 Å². The Morgan fingerprint density at radius 2 is 1.29 bits per heavy atom. The molecule has 0 spiro atoms. The van der Waals surface area contributed by atoms with Crippen LogP contribution in [0.25, 0.3) is 0 Å². The van der Waals surface area contributed by atoms with Crippen LogP contribution in [0.1, 0.15) is 6.92 Å². The Labute approximate surface area is 73.6 Å². The van der Waals surface area contributed by atoms with E-state index in [9.17, 15) is 30.7 Å². The van der Waals surface area contributed by atoms with Crippen LogP contribution in [-0.2, 0) is 13.6 Å². The zero-order chi connectivity index (χ0) is 11.4. The molecule has 0 aliphatic carbocycles. The predicted octanol–water partition coefficient (Wildman–Crippen LogP) is 3.02. The lowest BCUT2D eigenvalue weighted by atomic mass is 10.1. The maximum atomic E-state index is 12.7. The summed E-state index contributed by atoms with van der Waals surface area (Å²) in [5, 5.41) is 0. The molecule has 0 atom stereocenters. The lowest BCUT2D eigenvalue weighted by Gasteiger charge is -2.39. The smallest absolute Gasteiger partial charge is 0.225 e. The van der Waals surface area contributed by atoms with Crippen LogP contribution >= 0.6 is 7.91 Å². The second-order valence-corrected chi connectivity index (χ2v) is 3.88. The quantitative estimate of drug-likeness (QED) is 0.485. The standard InChI is InChI=1S/C4H3F6O3P/c1-2(5)3(6,7)12-14(10,11)13-4(2,8)9/h1H3. The molecule has 0 saturated carbocycles. The van der Waals surface area contributed by atoms with Gasteiger partial charge in [0.05, 0.1) is 0 Å². The third kappa shape index (κ3) is 1.53. The number of rotatable bonds is 0. The minimum absolute atomic E-state index is 0.258. The Bertz CT molecular complexity index is 277. The van der Waals surface area contributed by atoms with Gasteiger partial charge in [-0.15, -0.1) is 4.20 Å². The molecule has 1 rings (SSSR count). The first kappa shape index (κ1) is 11.8. The van der Waals surface area contributed by atoms with Gasteiger partial charge in [-0.1, -0.05) is 0 Å². The van der Waals surface area contributed by atoms with Crippen LogP contribution in [0.5, 0.6) is 0 Å². The van der Waals surface area contributed by atoms with E-state index in [1.165, 1.54) is 0 Å². The van der Waals surface area contributed by atoms with Gasteiger partial charge in [0.15, 0.2) is 0 Å². The summed E-state index contributed by atoms with van der Waals surface area (Å²) < 4.78 is 90.0. The summed E-state index contributed by atoms with van der Waals surface area (Å²) in [6, 6.07) is 0. The van der Waals surface area contributed by atoms with Gasteiger partial charge in [-0.25, -0.2) is 18.0 Å². The van der Waals surface area contributed by atoms with E-state index in [-0.39, 0.29) is 6.92 Å². The molecule has 1 aliphatic heterocycles. The fourth-order valence-electron chi connectivity index (χ4n) is 0.633. The van der Waals surface area contributed by atoms with Gasteiger partial charge in [-0.05, 0) is 6.92 Å². The molecule has 3 nitrogen and oxygen atoms in total. The van der Waals surface area contributed by atoms with Gasteiger partial charge < -0.3 is 0 Å². The Kier molecular flexibility index (Phi) is 2.23. The van der Waals surface area contributed by atoms with Gasteiger partial charge in [-0.3, -0.25) is 0 Å². The van der Waals surface area contributed by atoms with E-state index in [4.69, 9.17) is 0 Å². The van der Waals surface area contributed by atoms with E-state index in [0.717, 1.165) is 0 Å². The maximum Gasteiger partial charge on any atom is 0.522 e. The molecule has 0 unspecified atom stereocenters. The SMILES string of the molecule is CC1(F)C(F)(F)OP(=O)(F)OC1(F)F. The molecule has 1 aliphatic rings. The van der Waals surface area contributed by atoms with Crippen LogP contribution in [0.4, 0.5) is 26.1 Å². The van der Waals surface area contributed by atoms with Crippen molar-refractivity contribution in [2.24, 2.45) is 0 Å². The van der Waals surface area contributed by atoms with E-state index in [0.29, 0.717) is 0 Å². The molecule has 1 fully saturated rings. The normalized spacial score (nSPS) is 46.2. The molecular weight excluding hydrogens is 241 g/mol. The summed E-state index contributed by atoms with van der Waals surface area (Å²) in [5.41, 5.74) is -4.60. The molecule has 0 aromatic heterocycles. The average Bonchev–Trinajstić information content (AvgIpc) is 1.77. The number of halogens is 6. The molecule has 1 heterocycles. The predicted molar refractivity (Wildman–Crippen MR) is 30.3 cm³/mol. The lowest BCUT2D eigenvalue weighted by molar-refractivity contribution is -0.397. The highest BCUT2D eigenvalue weighted by Crippen LogP contribution is 2.67. The summed E-state index contributed by atoms with van der Waals surface area (Å²) in [6.07, 6.45) is -10.5. The second kappa shape index (κ2) is 2.65. The van der Waals surface area contributed by atoms with Crippen molar-refractivity contribution in [3.05, 3.63) is 0 Å². The van der Waals surface area contributed by atoms with E-state index >= 15 is 0 Å². The number of alkyl halides is 5. The fraction of sp³-hybridized carbons (Fsp3) is 1.00. The van der Waals surface area contributed by atoms with Crippen LogP contribution in [0.2, 0.25) is 0 Å². The first-order valence-electron chi connectivity index (χ1n) is 3.07. The first-order chi connectivity index (χ1) is 5.91. The van der Waals surface area contributed by atoms with Crippen molar-refractivity contribution in [2.75, 3.05) is 0 Å². The lowest BCUT2D eigenvalue weighted by Crippen LogP contribution is -2.59. The van der Waals surface area contributed by atoms with Crippen molar-refractivity contribution >= 4 is 7.91 Å². The molecule has 84 valence electrons. The molecule has 0 bridgehead atoms. The molecule has 0 aromatic rings. The topological polar surface area (TPSA) is 35.5 Å². The summed E-state index contributed by atoms with van der Waals surface area (Å²) >= 11 is 0. The van der Waals surface area contributed by atoms with E-state index in [1.54, 1.807) is 0 Å². The Balaban J connectivity index is 3.20. The summed E-state index contributed by atoms with van der Waals surface area (Å²) in [5.74, 6) is 0. The van der Waals surface area contributed by atoms with Gasteiger partial charge >= 0.3 is 20.1 Å². The van der Waals surface area contributed by atoms with Gasteiger partial charge in [-0.2, -0.15) is 17.6 Å². The van der Waals surface area contributed by atoms with Crippen LogP contribution in [0.15, 0.2) is 0 Å². The van der Waals surface area contributed by atoms with Crippen LogP contribution in [0.3, 0.4) is 0 Å². The van der Waals surface area contributed by atoms with Gasteiger partial charge in [0.1, 0.15) is 0 Å². The van der Waals surface area contributed by atoms with Crippen LogP contribution in [0, 0.1) is 0 Å². The summed E-state index contributed by atoms with van der Waals surface area (Å²) in [7, 11) is -6.15. The van der Waals surface area contributed by atoms with E-state index in [1.807, 2.05) is 0 Å². The Hall–Kier alpha value is -0.270. The van der Waals surface area contributed by atoms with E-state index < -0.39 is 25.8 Å². The van der Waals surface area contributed by atoms with E-state index in [2.05, 4.69) is 9.05 Å². The fourth-order valence-corrected chi connectivity index (χ4v) is 1.56. The summed E-state index contributed by atoms with van der Waals surface area (Å²) in [6.45, 7) is -0.258. The van der Waals surface area contributed by atoms with Crippen molar-refractivity contribution in [3.8, 4) is 0 Å². The molecule has 0 aromatic carbocycles. The third-order valence-corrected chi connectivity index (χ3v) is 2.44. The molecule has 14 heavy (non-hydrogen) atoms. The molecule has 1 saturated heterocycles. The molecule has 0 radical (unpaired) electrons. The zero-order valence-corrected chi connectivity index (χ0v) is 7.33. The average molecular weight is 244 g/mol. The first-order valence-corrected chi connectivity index (χ1v) is 4.50. The van der Waals surface area contributed by atoms with Gasteiger partial charge in [0.25, 0.3) is 5.67 Å². The minimum Gasteiger partial charge on any atom is -0.225 e. The highest BCUT2D eigenvalue weighted by atomic mass is 31.2. The molecular formula is C4H3F6O3P. The highest BCUT2D eigenvalue weighted by Gasteiger charge is 2.77. The largest absolute Gasteiger partial charge is 0.522 e. The zero-order valence-electron chi connectivity index (χ0n) is 6.44. The molecule has 10 heteroatoms. The monoisotopic (exact) mass is 244 g/mol. The number of hydrogen-bond donors (Lipinski definition) is 0.